The molecule has 2 rings (SSSR count). The molecule has 1 aliphatic rings. The molecule has 0 radical (unpaired) electrons. The summed E-state index contributed by atoms with van der Waals surface area (Å²) >= 11 is 0. The van der Waals surface area contributed by atoms with Crippen molar-refractivity contribution in [2.24, 2.45) is 5.92 Å². The molecule has 5 nitrogen and oxygen atoms in total. The Morgan fingerprint density at radius 3 is 2.90 bits per heavy atom. The molecule has 1 amide bonds. The van der Waals surface area contributed by atoms with Crippen LogP contribution in [0.1, 0.15) is 54.6 Å². The highest BCUT2D eigenvalue weighted by Crippen LogP contribution is 2.23. The van der Waals surface area contributed by atoms with Gasteiger partial charge in [-0.3, -0.25) is 4.79 Å². The van der Waals surface area contributed by atoms with Crippen LogP contribution in [0.2, 0.25) is 0 Å². The number of likely N-dealkylation sites (tertiary alicyclic amines) is 1. The van der Waals surface area contributed by atoms with Gasteiger partial charge in [0.25, 0.3) is 5.91 Å². The molecule has 1 aliphatic heterocycles. The minimum Gasteiger partial charge on any atom is -0.350 e. The Morgan fingerprint density at radius 1 is 1.48 bits per heavy atom. The average molecular weight is 290 g/mol. The van der Waals surface area contributed by atoms with E-state index in [-0.39, 0.29) is 5.91 Å². The first-order valence-electron chi connectivity index (χ1n) is 7.78. The molecule has 1 aromatic heterocycles. The second kappa shape index (κ2) is 6.98. The van der Waals surface area contributed by atoms with Gasteiger partial charge >= 0.3 is 0 Å². The molecule has 0 saturated carbocycles. The monoisotopic (exact) mass is 290 g/mol. The number of carbonyl (C=O) groups excluding carboxylic acids is 1. The molecule has 1 aromatic rings. The minimum absolute atomic E-state index is 0.0976. The van der Waals surface area contributed by atoms with Crippen molar-refractivity contribution in [2.45, 2.75) is 39.5 Å². The molecule has 116 valence electrons. The van der Waals surface area contributed by atoms with Crippen LogP contribution in [0.3, 0.4) is 0 Å². The zero-order chi connectivity index (χ0) is 15.4. The van der Waals surface area contributed by atoms with Crippen LogP contribution >= 0.6 is 0 Å². The number of nitrogens with zero attached hydrogens (tertiary/aromatic N) is 3. The number of carbonyl (C=O) groups is 1. The summed E-state index contributed by atoms with van der Waals surface area (Å²) in [6.07, 6.45) is 2.26. The van der Waals surface area contributed by atoms with E-state index in [9.17, 15) is 4.79 Å². The standard InChI is InChI=1S/C16H26N4O/c1-11(2)9-17-16(21)14-8-12(3)18-15(19-14)13-6-5-7-20(4)10-13/h8,11,13H,5-7,9-10H2,1-4H3,(H,17,21)/t13-/m1/s1. The Hall–Kier alpha value is -1.49. The molecule has 0 spiro atoms. The Balaban J connectivity index is 2.14. The van der Waals surface area contributed by atoms with Crippen molar-refractivity contribution in [3.8, 4) is 0 Å². The number of amides is 1. The number of hydrogen-bond acceptors (Lipinski definition) is 4. The van der Waals surface area contributed by atoms with Crippen LogP contribution in [0.25, 0.3) is 0 Å². The van der Waals surface area contributed by atoms with Gasteiger partial charge in [0.15, 0.2) is 0 Å². The molecule has 1 saturated heterocycles. The van der Waals surface area contributed by atoms with Gasteiger partial charge in [-0.15, -0.1) is 0 Å². The second-order valence-electron chi connectivity index (χ2n) is 6.46. The van der Waals surface area contributed by atoms with E-state index < -0.39 is 0 Å². The second-order valence-corrected chi connectivity index (χ2v) is 6.46. The van der Waals surface area contributed by atoms with Crippen molar-refractivity contribution in [3.63, 3.8) is 0 Å². The van der Waals surface area contributed by atoms with Crippen molar-refractivity contribution in [2.75, 3.05) is 26.7 Å². The van der Waals surface area contributed by atoms with Crippen LogP contribution < -0.4 is 5.32 Å². The van der Waals surface area contributed by atoms with E-state index in [0.29, 0.717) is 24.1 Å². The molecule has 0 aliphatic carbocycles. The zero-order valence-electron chi connectivity index (χ0n) is 13.5. The van der Waals surface area contributed by atoms with Crippen LogP contribution in [-0.4, -0.2) is 47.5 Å². The molecule has 1 fully saturated rings. The molecular weight excluding hydrogens is 264 g/mol. The molecule has 21 heavy (non-hydrogen) atoms. The predicted molar refractivity (Wildman–Crippen MR) is 83.4 cm³/mol. The van der Waals surface area contributed by atoms with Crippen molar-refractivity contribution in [3.05, 3.63) is 23.3 Å². The van der Waals surface area contributed by atoms with Crippen LogP contribution in [0.4, 0.5) is 0 Å². The summed E-state index contributed by atoms with van der Waals surface area (Å²) in [6, 6.07) is 1.77. The van der Waals surface area contributed by atoms with E-state index >= 15 is 0 Å². The van der Waals surface area contributed by atoms with E-state index in [1.165, 1.54) is 0 Å². The van der Waals surface area contributed by atoms with Crippen molar-refractivity contribution in [1.29, 1.82) is 0 Å². The summed E-state index contributed by atoms with van der Waals surface area (Å²) in [5.41, 5.74) is 1.36. The molecule has 2 heterocycles. The van der Waals surface area contributed by atoms with Crippen LogP contribution in [-0.2, 0) is 0 Å². The number of piperidine rings is 1. The SMILES string of the molecule is Cc1cc(C(=O)NCC(C)C)nc([C@@H]2CCCN(C)C2)n1. The van der Waals surface area contributed by atoms with Crippen molar-refractivity contribution < 1.29 is 4.79 Å². The zero-order valence-corrected chi connectivity index (χ0v) is 13.5. The third kappa shape index (κ3) is 4.49. The first-order valence-corrected chi connectivity index (χ1v) is 7.78. The first kappa shape index (κ1) is 15.9. The van der Waals surface area contributed by atoms with Crippen molar-refractivity contribution in [1.82, 2.24) is 20.2 Å². The minimum atomic E-state index is -0.0976. The molecule has 0 unspecified atom stereocenters. The lowest BCUT2D eigenvalue weighted by atomic mass is 9.97. The molecule has 5 heteroatoms. The van der Waals surface area contributed by atoms with Crippen molar-refractivity contribution >= 4 is 5.91 Å². The van der Waals surface area contributed by atoms with Gasteiger partial charge in [-0.25, -0.2) is 9.97 Å². The van der Waals surface area contributed by atoms with Gasteiger partial charge in [0, 0.05) is 24.7 Å². The summed E-state index contributed by atoms with van der Waals surface area (Å²) in [4.78, 5) is 23.6. The molecule has 0 aromatic carbocycles. The fraction of sp³-hybridized carbons (Fsp3) is 0.688. The lowest BCUT2D eigenvalue weighted by Crippen LogP contribution is -2.33. The van der Waals surface area contributed by atoms with E-state index in [1.807, 2.05) is 6.92 Å². The molecule has 1 N–H and O–H groups in total. The largest absolute Gasteiger partial charge is 0.350 e. The molecule has 1 atom stereocenters. The Bertz CT molecular complexity index is 501. The summed E-state index contributed by atoms with van der Waals surface area (Å²) in [7, 11) is 2.12. The van der Waals surface area contributed by atoms with E-state index in [1.54, 1.807) is 6.07 Å². The lowest BCUT2D eigenvalue weighted by Gasteiger charge is -2.28. The summed E-state index contributed by atoms with van der Waals surface area (Å²) in [6.45, 7) is 8.85. The maximum atomic E-state index is 12.2. The number of rotatable bonds is 4. The van der Waals surface area contributed by atoms with Gasteiger partial charge in [-0.05, 0) is 45.3 Å². The lowest BCUT2D eigenvalue weighted by molar-refractivity contribution is 0.0943. The highest BCUT2D eigenvalue weighted by Gasteiger charge is 2.22. The van der Waals surface area contributed by atoms with Gasteiger partial charge in [-0.1, -0.05) is 13.8 Å². The highest BCUT2D eigenvalue weighted by atomic mass is 16.1. The van der Waals surface area contributed by atoms with E-state index in [4.69, 9.17) is 0 Å². The molecular formula is C16H26N4O. The summed E-state index contributed by atoms with van der Waals surface area (Å²) in [5, 5.41) is 2.92. The Kier molecular flexibility index (Phi) is 5.28. The van der Waals surface area contributed by atoms with Gasteiger partial charge in [-0.2, -0.15) is 0 Å². The first-order chi connectivity index (χ1) is 9.95. The van der Waals surface area contributed by atoms with Gasteiger partial charge < -0.3 is 10.2 Å². The summed E-state index contributed by atoms with van der Waals surface area (Å²) in [5.74, 6) is 1.49. The number of nitrogens with one attached hydrogen (secondary N) is 1. The smallest absolute Gasteiger partial charge is 0.270 e. The maximum absolute atomic E-state index is 12.2. The molecule has 0 bridgehead atoms. The van der Waals surface area contributed by atoms with Crippen LogP contribution in [0.5, 0.6) is 0 Å². The quantitative estimate of drug-likeness (QED) is 0.921. The fourth-order valence-electron chi connectivity index (χ4n) is 2.65. The van der Waals surface area contributed by atoms with Gasteiger partial charge in [0.2, 0.25) is 0 Å². The van der Waals surface area contributed by atoms with Crippen LogP contribution in [0.15, 0.2) is 6.07 Å². The Labute approximate surface area is 127 Å². The van der Waals surface area contributed by atoms with E-state index in [2.05, 4.69) is 41.1 Å². The number of aromatic nitrogens is 2. The fourth-order valence-corrected chi connectivity index (χ4v) is 2.65. The van der Waals surface area contributed by atoms with Gasteiger partial charge in [0.1, 0.15) is 11.5 Å². The number of hydrogen-bond donors (Lipinski definition) is 1. The highest BCUT2D eigenvalue weighted by molar-refractivity contribution is 5.92. The number of likely N-dealkylation sites (N-methyl/N-ethyl adjacent to an activating group) is 1. The normalized spacial score (nSPS) is 19.8. The van der Waals surface area contributed by atoms with Crippen LogP contribution in [0, 0.1) is 12.8 Å². The maximum Gasteiger partial charge on any atom is 0.270 e. The third-order valence-corrected chi connectivity index (χ3v) is 3.76. The average Bonchev–Trinajstić information content (AvgIpc) is 2.44. The predicted octanol–water partition coefficient (Wildman–Crippen LogP) is 1.98. The Morgan fingerprint density at radius 2 is 2.24 bits per heavy atom. The summed E-state index contributed by atoms with van der Waals surface area (Å²) < 4.78 is 0. The third-order valence-electron chi connectivity index (χ3n) is 3.76. The van der Waals surface area contributed by atoms with E-state index in [0.717, 1.165) is 37.4 Å². The topological polar surface area (TPSA) is 58.1 Å². The number of aryl methyl sites for hydroxylation is 1. The van der Waals surface area contributed by atoms with Gasteiger partial charge in [0.05, 0.1) is 0 Å².